The largest absolute Gasteiger partial charge is 0.480 e. The first-order valence-electron chi connectivity index (χ1n) is 6.59. The molecule has 0 unspecified atom stereocenters. The predicted octanol–water partition coefficient (Wildman–Crippen LogP) is -2.41. The van der Waals surface area contributed by atoms with Crippen LogP contribution in [0.3, 0.4) is 0 Å². The van der Waals surface area contributed by atoms with E-state index in [-0.39, 0.29) is 24.9 Å². The first-order chi connectivity index (χ1) is 10.3. The molecule has 1 aliphatic rings. The molecule has 22 heavy (non-hydrogen) atoms. The van der Waals surface area contributed by atoms with Gasteiger partial charge in [0.2, 0.25) is 11.8 Å². The number of hydrogen-bond acceptors (Lipinski definition) is 6. The number of nitrogens with one attached hydrogen (secondary N) is 4. The van der Waals surface area contributed by atoms with Crippen molar-refractivity contribution >= 4 is 23.8 Å². The van der Waals surface area contributed by atoms with E-state index in [2.05, 4.69) is 21.3 Å². The zero-order valence-corrected chi connectivity index (χ0v) is 12.8. The number of hydrogen-bond donors (Lipinski definition) is 6. The maximum absolute atomic E-state index is 9.97. The zero-order valence-electron chi connectivity index (χ0n) is 12.8. The Kier molecular flexibility index (Phi) is 15.3. The summed E-state index contributed by atoms with van der Waals surface area (Å²) in [5.41, 5.74) is 0. The lowest BCUT2D eigenvalue weighted by molar-refractivity contribution is -0.138. The summed E-state index contributed by atoms with van der Waals surface area (Å²) in [5.74, 6) is -2.71. The Labute approximate surface area is 128 Å². The molecule has 0 aliphatic carbocycles. The summed E-state index contributed by atoms with van der Waals surface area (Å²) in [6.07, 6.45) is 0. The maximum Gasteiger partial charge on any atom is 0.322 e. The molecule has 2 amide bonds. The van der Waals surface area contributed by atoms with Gasteiger partial charge in [-0.05, 0) is 0 Å². The van der Waals surface area contributed by atoms with Gasteiger partial charge in [-0.3, -0.25) is 19.2 Å². The summed E-state index contributed by atoms with van der Waals surface area (Å²) in [6.45, 7) is 6.50. The van der Waals surface area contributed by atoms with Crippen molar-refractivity contribution < 1.29 is 29.4 Å². The van der Waals surface area contributed by atoms with E-state index in [4.69, 9.17) is 10.2 Å². The van der Waals surface area contributed by atoms with Gasteiger partial charge in [0.15, 0.2) is 0 Å². The van der Waals surface area contributed by atoms with Crippen molar-refractivity contribution in [3.05, 3.63) is 0 Å². The van der Waals surface area contributed by atoms with Gasteiger partial charge in [-0.25, -0.2) is 0 Å². The minimum atomic E-state index is -1.03. The van der Waals surface area contributed by atoms with E-state index in [0.717, 1.165) is 26.2 Å². The number of amides is 2. The van der Waals surface area contributed by atoms with Gasteiger partial charge in [-0.2, -0.15) is 0 Å². The fourth-order valence-corrected chi connectivity index (χ4v) is 1.00. The Balaban J connectivity index is 0. The van der Waals surface area contributed by atoms with Crippen molar-refractivity contribution in [2.75, 3.05) is 39.3 Å². The van der Waals surface area contributed by atoms with Gasteiger partial charge >= 0.3 is 11.9 Å². The number of carboxylic acids is 2. The van der Waals surface area contributed by atoms with Crippen LogP contribution in [0.5, 0.6) is 0 Å². The lowest BCUT2D eigenvalue weighted by Crippen LogP contribution is -2.39. The van der Waals surface area contributed by atoms with E-state index in [1.54, 1.807) is 0 Å². The van der Waals surface area contributed by atoms with E-state index in [9.17, 15) is 19.2 Å². The molecule has 0 aromatic rings. The Bertz CT molecular complexity index is 290. The van der Waals surface area contributed by atoms with Crippen LogP contribution in [-0.4, -0.2) is 73.2 Å². The van der Waals surface area contributed by atoms with E-state index in [1.165, 1.54) is 13.8 Å². The van der Waals surface area contributed by atoms with Crippen molar-refractivity contribution in [3.8, 4) is 0 Å². The third kappa shape index (κ3) is 26.4. The molecule has 10 nitrogen and oxygen atoms in total. The van der Waals surface area contributed by atoms with E-state index in [1.807, 2.05) is 0 Å². The molecule has 1 fully saturated rings. The molecule has 1 rings (SSSR count). The van der Waals surface area contributed by atoms with Crippen LogP contribution in [0.25, 0.3) is 0 Å². The van der Waals surface area contributed by atoms with Crippen LogP contribution in [0.4, 0.5) is 0 Å². The van der Waals surface area contributed by atoms with Gasteiger partial charge in [0.25, 0.3) is 0 Å². The molecule has 0 atom stereocenters. The number of piperazine rings is 1. The molecule has 1 heterocycles. The smallest absolute Gasteiger partial charge is 0.322 e. The van der Waals surface area contributed by atoms with Gasteiger partial charge in [-0.15, -0.1) is 0 Å². The lowest BCUT2D eigenvalue weighted by Gasteiger charge is -2.11. The molecule has 0 saturated carbocycles. The molecule has 6 N–H and O–H groups in total. The highest BCUT2D eigenvalue weighted by Crippen LogP contribution is 1.65. The van der Waals surface area contributed by atoms with Crippen molar-refractivity contribution in [2.45, 2.75) is 13.8 Å². The third-order valence-corrected chi connectivity index (χ3v) is 1.93. The Morgan fingerprint density at radius 3 is 1.14 bits per heavy atom. The van der Waals surface area contributed by atoms with Crippen molar-refractivity contribution in [2.24, 2.45) is 0 Å². The molecule has 128 valence electrons. The van der Waals surface area contributed by atoms with Gasteiger partial charge in [0, 0.05) is 40.0 Å². The molecule has 1 aliphatic heterocycles. The fraction of sp³-hybridized carbons (Fsp3) is 0.667. The lowest BCUT2D eigenvalue weighted by atomic mass is 10.4. The molecule has 0 aromatic heterocycles. The van der Waals surface area contributed by atoms with Crippen LogP contribution in [0.1, 0.15) is 13.8 Å². The van der Waals surface area contributed by atoms with Crippen LogP contribution in [0.2, 0.25) is 0 Å². The minimum Gasteiger partial charge on any atom is -0.480 e. The first-order valence-corrected chi connectivity index (χ1v) is 6.59. The Hall–Kier alpha value is -2.20. The van der Waals surface area contributed by atoms with Crippen LogP contribution < -0.4 is 21.3 Å². The van der Waals surface area contributed by atoms with Crippen molar-refractivity contribution in [1.82, 2.24) is 21.3 Å². The molecule has 0 spiro atoms. The SMILES string of the molecule is C1CNCCN1.CC(=O)NCC(=O)O.CC(=O)NCC(=O)O. The normalized spacial score (nSPS) is 12.5. The van der Waals surface area contributed by atoms with Crippen LogP contribution in [-0.2, 0) is 19.2 Å². The second-order valence-electron chi connectivity index (χ2n) is 4.11. The van der Waals surface area contributed by atoms with Gasteiger partial charge in [0.05, 0.1) is 0 Å². The third-order valence-electron chi connectivity index (χ3n) is 1.93. The van der Waals surface area contributed by atoms with Crippen LogP contribution in [0.15, 0.2) is 0 Å². The summed E-state index contributed by atoms with van der Waals surface area (Å²) in [4.78, 5) is 39.3. The summed E-state index contributed by atoms with van der Waals surface area (Å²) in [5, 5.41) is 26.6. The highest BCUT2D eigenvalue weighted by Gasteiger charge is 1.95. The van der Waals surface area contributed by atoms with E-state index < -0.39 is 11.9 Å². The fourth-order valence-electron chi connectivity index (χ4n) is 1.00. The number of carbonyl (C=O) groups excluding carboxylic acids is 2. The van der Waals surface area contributed by atoms with Crippen LogP contribution in [0, 0.1) is 0 Å². The van der Waals surface area contributed by atoms with E-state index in [0.29, 0.717) is 0 Å². The molecule has 10 heteroatoms. The highest BCUT2D eigenvalue weighted by atomic mass is 16.4. The maximum atomic E-state index is 9.97. The van der Waals surface area contributed by atoms with Crippen molar-refractivity contribution in [3.63, 3.8) is 0 Å². The number of carbonyl (C=O) groups is 4. The summed E-state index contributed by atoms with van der Waals surface area (Å²) in [6, 6.07) is 0. The summed E-state index contributed by atoms with van der Waals surface area (Å²) < 4.78 is 0. The Morgan fingerprint density at radius 1 is 0.773 bits per heavy atom. The molecule has 0 aromatic carbocycles. The van der Waals surface area contributed by atoms with Gasteiger partial charge in [0.1, 0.15) is 13.1 Å². The Morgan fingerprint density at radius 2 is 1.05 bits per heavy atom. The van der Waals surface area contributed by atoms with Gasteiger partial charge in [-0.1, -0.05) is 0 Å². The summed E-state index contributed by atoms with van der Waals surface area (Å²) in [7, 11) is 0. The number of carboxylic acid groups (broad SMARTS) is 2. The number of aliphatic carboxylic acids is 2. The van der Waals surface area contributed by atoms with Gasteiger partial charge < -0.3 is 31.5 Å². The molecule has 0 bridgehead atoms. The average molecular weight is 320 g/mol. The quantitative estimate of drug-likeness (QED) is 0.334. The second kappa shape index (κ2) is 15.2. The average Bonchev–Trinajstić information content (AvgIpc) is 2.46. The summed E-state index contributed by atoms with van der Waals surface area (Å²) >= 11 is 0. The minimum absolute atomic E-state index is 0.296. The standard InChI is InChI=1S/C4H10N2.2C4H7NO3/c1-2-6-4-3-5-1;2*1-3(6)5-2-4(7)8/h5-6H,1-4H2;2*2H2,1H3,(H,5,6)(H,7,8). The predicted molar refractivity (Wildman–Crippen MR) is 78.4 cm³/mol. The van der Waals surface area contributed by atoms with E-state index >= 15 is 0 Å². The molecule has 1 saturated heterocycles. The highest BCUT2D eigenvalue weighted by molar-refractivity contribution is 5.79. The number of rotatable bonds is 4. The topological polar surface area (TPSA) is 157 Å². The van der Waals surface area contributed by atoms with Crippen LogP contribution >= 0.6 is 0 Å². The second-order valence-corrected chi connectivity index (χ2v) is 4.11. The van der Waals surface area contributed by atoms with Crippen molar-refractivity contribution in [1.29, 1.82) is 0 Å². The molecular formula is C12H24N4O6. The first kappa shape index (κ1) is 22.1. The zero-order chi connectivity index (χ0) is 17.4. The molecular weight excluding hydrogens is 296 g/mol. The monoisotopic (exact) mass is 320 g/mol. The molecule has 0 radical (unpaired) electrons.